The molecule has 9 heteroatoms. The summed E-state index contributed by atoms with van der Waals surface area (Å²) in [6.07, 6.45) is 2.53. The van der Waals surface area contributed by atoms with Crippen molar-refractivity contribution in [3.05, 3.63) is 57.9 Å². The van der Waals surface area contributed by atoms with Crippen molar-refractivity contribution in [1.82, 2.24) is 4.90 Å². The molecule has 0 N–H and O–H groups in total. The zero-order valence-corrected chi connectivity index (χ0v) is 17.1. The zero-order valence-electron chi connectivity index (χ0n) is 16.3. The number of hydrogen-bond acceptors (Lipinski definition) is 6. The Morgan fingerprint density at radius 2 is 1.90 bits per heavy atom. The molecule has 0 unspecified atom stereocenters. The highest BCUT2D eigenvalue weighted by Gasteiger charge is 2.28. The van der Waals surface area contributed by atoms with Gasteiger partial charge < -0.3 is 14.5 Å². The second-order valence-electron chi connectivity index (χ2n) is 6.59. The third-order valence-corrected chi connectivity index (χ3v) is 5.66. The Morgan fingerprint density at radius 1 is 1.17 bits per heavy atom. The van der Waals surface area contributed by atoms with Crippen LogP contribution in [0.2, 0.25) is 0 Å². The van der Waals surface area contributed by atoms with Crippen molar-refractivity contribution in [3.63, 3.8) is 0 Å². The van der Waals surface area contributed by atoms with Crippen molar-refractivity contribution < 1.29 is 18.8 Å². The molecular weight excluding hydrogens is 397 g/mol. The lowest BCUT2D eigenvalue weighted by molar-refractivity contribution is -0.385. The fourth-order valence-electron chi connectivity index (χ4n) is 3.39. The van der Waals surface area contributed by atoms with Crippen molar-refractivity contribution in [2.24, 2.45) is 0 Å². The molecule has 1 aliphatic rings. The van der Waals surface area contributed by atoms with E-state index in [9.17, 15) is 19.3 Å². The number of carbonyl (C=O) groups is 1. The first-order valence-electron chi connectivity index (χ1n) is 9.14. The normalized spacial score (nSPS) is 14.4. The number of anilines is 1. The molecule has 1 amide bonds. The predicted molar refractivity (Wildman–Crippen MR) is 111 cm³/mol. The number of nitro benzene ring substituents is 1. The van der Waals surface area contributed by atoms with Gasteiger partial charge in [-0.2, -0.15) is 0 Å². The maximum Gasteiger partial charge on any atom is 0.285 e. The van der Waals surface area contributed by atoms with Gasteiger partial charge in [0, 0.05) is 31.9 Å². The Kier molecular flexibility index (Phi) is 6.58. The van der Waals surface area contributed by atoms with Crippen molar-refractivity contribution in [2.75, 3.05) is 44.4 Å². The first-order chi connectivity index (χ1) is 13.9. The number of hydrogen-bond donors (Lipinski definition) is 0. The second kappa shape index (κ2) is 9.13. The number of methoxy groups -OCH3 is 1. The smallest absolute Gasteiger partial charge is 0.285 e. The van der Waals surface area contributed by atoms with Crippen LogP contribution in [0, 0.1) is 15.9 Å². The summed E-state index contributed by atoms with van der Waals surface area (Å²) >= 11 is 1.36. The molecule has 1 aliphatic heterocycles. The predicted octanol–water partition coefficient (Wildman–Crippen LogP) is 3.82. The summed E-state index contributed by atoms with van der Waals surface area (Å²) in [4.78, 5) is 28.5. The Morgan fingerprint density at radius 3 is 2.52 bits per heavy atom. The first kappa shape index (κ1) is 20.9. The van der Waals surface area contributed by atoms with Crippen molar-refractivity contribution >= 4 is 29.0 Å². The lowest BCUT2D eigenvalue weighted by Gasteiger charge is -2.24. The molecule has 29 heavy (non-hydrogen) atoms. The minimum Gasteiger partial charge on any atom is -0.495 e. The Labute approximate surface area is 172 Å². The van der Waals surface area contributed by atoms with E-state index in [1.807, 2.05) is 6.26 Å². The van der Waals surface area contributed by atoms with E-state index in [2.05, 4.69) is 4.90 Å². The van der Waals surface area contributed by atoms with Gasteiger partial charge in [-0.25, -0.2) is 4.39 Å². The van der Waals surface area contributed by atoms with E-state index < -0.39 is 4.92 Å². The van der Waals surface area contributed by atoms with Gasteiger partial charge in [-0.3, -0.25) is 14.9 Å². The average Bonchev–Trinajstić information content (AvgIpc) is 2.99. The standard InChI is InChI=1S/C20H22FN3O4S/c1-28-18-13-17(24(26)27)16(12-19(18)29-2)20(25)23-9-3-8-22(10-11-23)15-6-4-14(21)5-7-15/h4-7,12-13H,3,8-11H2,1-2H3. The number of halogens is 1. The number of nitro groups is 1. The molecule has 0 bridgehead atoms. The quantitative estimate of drug-likeness (QED) is 0.417. The molecule has 0 spiro atoms. The number of ether oxygens (including phenoxy) is 1. The van der Waals surface area contributed by atoms with Crippen molar-refractivity contribution in [1.29, 1.82) is 0 Å². The van der Waals surface area contributed by atoms with Gasteiger partial charge in [-0.1, -0.05) is 0 Å². The van der Waals surface area contributed by atoms with Gasteiger partial charge in [0.1, 0.15) is 17.1 Å². The number of carbonyl (C=O) groups excluding carboxylic acids is 1. The van der Waals surface area contributed by atoms with E-state index >= 15 is 0 Å². The topological polar surface area (TPSA) is 75.9 Å². The van der Waals surface area contributed by atoms with Crippen LogP contribution in [-0.4, -0.2) is 55.3 Å². The molecule has 3 rings (SSSR count). The van der Waals surface area contributed by atoms with Gasteiger partial charge in [0.2, 0.25) is 0 Å². The summed E-state index contributed by atoms with van der Waals surface area (Å²) < 4.78 is 18.4. The van der Waals surface area contributed by atoms with Crippen LogP contribution < -0.4 is 9.64 Å². The summed E-state index contributed by atoms with van der Waals surface area (Å²) in [7, 11) is 1.44. The number of amides is 1. The summed E-state index contributed by atoms with van der Waals surface area (Å²) in [6, 6.07) is 9.09. The molecule has 1 fully saturated rings. The lowest BCUT2D eigenvalue weighted by atomic mass is 10.1. The van der Waals surface area contributed by atoms with Crippen LogP contribution in [-0.2, 0) is 0 Å². The van der Waals surface area contributed by atoms with Gasteiger partial charge in [0.15, 0.2) is 0 Å². The van der Waals surface area contributed by atoms with Crippen LogP contribution in [0.1, 0.15) is 16.8 Å². The van der Waals surface area contributed by atoms with Crippen LogP contribution in [0.25, 0.3) is 0 Å². The summed E-state index contributed by atoms with van der Waals surface area (Å²) in [5, 5.41) is 11.5. The molecule has 2 aromatic carbocycles. The molecule has 0 radical (unpaired) electrons. The largest absolute Gasteiger partial charge is 0.495 e. The van der Waals surface area contributed by atoms with E-state index in [-0.39, 0.29) is 23.0 Å². The highest BCUT2D eigenvalue weighted by Crippen LogP contribution is 2.35. The lowest BCUT2D eigenvalue weighted by Crippen LogP contribution is -2.35. The number of benzene rings is 2. The maximum absolute atomic E-state index is 13.2. The fraction of sp³-hybridized carbons (Fsp3) is 0.350. The Hall–Kier alpha value is -2.81. The zero-order chi connectivity index (χ0) is 21.0. The third-order valence-electron chi connectivity index (χ3n) is 4.90. The van der Waals surface area contributed by atoms with Crippen molar-refractivity contribution in [2.45, 2.75) is 11.3 Å². The molecule has 0 aromatic heterocycles. The minimum absolute atomic E-state index is 0.0652. The Balaban J connectivity index is 1.83. The van der Waals surface area contributed by atoms with E-state index in [0.717, 1.165) is 12.2 Å². The number of thioether (sulfide) groups is 1. The first-order valence-corrected chi connectivity index (χ1v) is 10.4. The Bertz CT molecular complexity index is 907. The van der Waals surface area contributed by atoms with E-state index in [0.29, 0.717) is 36.7 Å². The van der Waals surface area contributed by atoms with Gasteiger partial charge in [0.25, 0.3) is 11.6 Å². The van der Waals surface area contributed by atoms with Gasteiger partial charge in [-0.05, 0) is 43.0 Å². The summed E-state index contributed by atoms with van der Waals surface area (Å²) in [5.74, 6) is -0.286. The van der Waals surface area contributed by atoms with E-state index in [4.69, 9.17) is 4.74 Å². The van der Waals surface area contributed by atoms with Crippen LogP contribution >= 0.6 is 11.8 Å². The van der Waals surface area contributed by atoms with Crippen molar-refractivity contribution in [3.8, 4) is 5.75 Å². The van der Waals surface area contributed by atoms with Crippen LogP contribution in [0.3, 0.4) is 0 Å². The molecule has 0 aliphatic carbocycles. The van der Waals surface area contributed by atoms with Gasteiger partial charge in [-0.15, -0.1) is 11.8 Å². The highest BCUT2D eigenvalue weighted by molar-refractivity contribution is 7.98. The van der Waals surface area contributed by atoms with Gasteiger partial charge in [0.05, 0.1) is 23.0 Å². The molecular formula is C20H22FN3O4S. The number of nitrogens with zero attached hydrogens (tertiary/aromatic N) is 3. The third kappa shape index (κ3) is 4.61. The molecule has 0 saturated carbocycles. The number of rotatable bonds is 5. The monoisotopic (exact) mass is 419 g/mol. The van der Waals surface area contributed by atoms with E-state index in [1.165, 1.54) is 43.1 Å². The SMILES string of the molecule is COc1cc([N+](=O)[O-])c(C(=O)N2CCCN(c3ccc(F)cc3)CC2)cc1SC. The van der Waals surface area contributed by atoms with Crippen LogP contribution in [0.15, 0.2) is 41.3 Å². The van der Waals surface area contributed by atoms with Gasteiger partial charge >= 0.3 is 0 Å². The molecule has 2 aromatic rings. The molecule has 1 saturated heterocycles. The van der Waals surface area contributed by atoms with Crippen LogP contribution in [0.5, 0.6) is 5.75 Å². The average molecular weight is 419 g/mol. The summed E-state index contributed by atoms with van der Waals surface area (Å²) in [6.45, 7) is 2.20. The van der Waals surface area contributed by atoms with E-state index in [1.54, 1.807) is 17.0 Å². The fourth-order valence-corrected chi connectivity index (χ4v) is 3.97. The second-order valence-corrected chi connectivity index (χ2v) is 7.44. The maximum atomic E-state index is 13.2. The summed E-state index contributed by atoms with van der Waals surface area (Å²) in [5.41, 5.74) is 0.695. The molecule has 154 valence electrons. The highest BCUT2D eigenvalue weighted by atomic mass is 32.2. The molecule has 7 nitrogen and oxygen atoms in total. The van der Waals surface area contributed by atoms with Crippen LogP contribution in [0.4, 0.5) is 15.8 Å². The molecule has 1 heterocycles. The molecule has 0 atom stereocenters. The minimum atomic E-state index is -0.553.